The smallest absolute Gasteiger partial charge is 0.311 e. The van der Waals surface area contributed by atoms with Gasteiger partial charge in [-0.1, -0.05) is 48.5 Å². The zero-order valence-electron chi connectivity index (χ0n) is 15.2. The Labute approximate surface area is 160 Å². The second-order valence-corrected chi connectivity index (χ2v) is 6.34. The van der Waals surface area contributed by atoms with Gasteiger partial charge in [-0.25, -0.2) is 4.39 Å². The van der Waals surface area contributed by atoms with Crippen LogP contribution in [0, 0.1) is 12.7 Å². The molecule has 0 aliphatic rings. The number of halogens is 4. The van der Waals surface area contributed by atoms with Crippen LogP contribution in [0.15, 0.2) is 66.7 Å². The summed E-state index contributed by atoms with van der Waals surface area (Å²) in [6.07, 6.45) is -4.85. The maximum atomic E-state index is 13.7. The Bertz CT molecular complexity index is 1010. The molecule has 0 aromatic heterocycles. The van der Waals surface area contributed by atoms with Crippen molar-refractivity contribution in [1.29, 1.82) is 0 Å². The highest BCUT2D eigenvalue weighted by atomic mass is 19.4. The number of benzene rings is 3. The molecule has 0 atom stereocenters. The summed E-state index contributed by atoms with van der Waals surface area (Å²) in [6.45, 7) is 1.02. The van der Waals surface area contributed by atoms with Crippen molar-refractivity contribution in [2.75, 3.05) is 11.9 Å². The Morgan fingerprint density at radius 2 is 1.50 bits per heavy atom. The quantitative estimate of drug-likeness (QED) is 0.498. The van der Waals surface area contributed by atoms with Gasteiger partial charge in [0.25, 0.3) is 5.91 Å². The predicted octanol–water partition coefficient (Wildman–Crippen LogP) is 6.10. The topological polar surface area (TPSA) is 20.3 Å². The zero-order chi connectivity index (χ0) is 20.5. The van der Waals surface area contributed by atoms with E-state index in [0.29, 0.717) is 11.3 Å². The molecule has 3 aromatic rings. The lowest BCUT2D eigenvalue weighted by Gasteiger charge is -2.23. The van der Waals surface area contributed by atoms with Crippen molar-refractivity contribution in [3.8, 4) is 11.1 Å². The molecular formula is C22H17F4NO. The summed E-state index contributed by atoms with van der Waals surface area (Å²) >= 11 is 0. The average molecular weight is 387 g/mol. The fraction of sp³-hybridized carbons (Fsp3) is 0.136. The van der Waals surface area contributed by atoms with Crippen molar-refractivity contribution < 1.29 is 22.4 Å². The van der Waals surface area contributed by atoms with Crippen LogP contribution < -0.4 is 4.90 Å². The number of carbonyl (C=O) groups excluding carboxylic acids is 1. The van der Waals surface area contributed by atoms with E-state index >= 15 is 0 Å². The molecule has 3 aromatic carbocycles. The van der Waals surface area contributed by atoms with Crippen LogP contribution >= 0.6 is 0 Å². The Morgan fingerprint density at radius 3 is 2.14 bits per heavy atom. The van der Waals surface area contributed by atoms with Crippen molar-refractivity contribution in [3.63, 3.8) is 0 Å². The van der Waals surface area contributed by atoms with E-state index in [1.165, 1.54) is 7.05 Å². The van der Waals surface area contributed by atoms with E-state index in [9.17, 15) is 22.4 Å². The average Bonchev–Trinajstić information content (AvgIpc) is 2.68. The Hall–Kier alpha value is -3.15. The fourth-order valence-electron chi connectivity index (χ4n) is 3.15. The number of hydrogen-bond donors (Lipinski definition) is 0. The standard InChI is InChI=1S/C22H17F4NO/c1-14-18(23)13-12-17(20(14)22(24,25)26)21(28)27(2)19-11-7-6-10-16(19)15-8-4-3-5-9-15/h3-13H,1-2H3. The van der Waals surface area contributed by atoms with Crippen LogP contribution in [0.25, 0.3) is 11.1 Å². The first-order chi connectivity index (χ1) is 13.2. The normalized spacial score (nSPS) is 11.4. The molecule has 0 fully saturated rings. The van der Waals surface area contributed by atoms with Gasteiger partial charge in [-0.3, -0.25) is 4.79 Å². The summed E-state index contributed by atoms with van der Waals surface area (Å²) in [4.78, 5) is 14.1. The van der Waals surface area contributed by atoms with Crippen LogP contribution in [0.4, 0.5) is 23.2 Å². The Balaban J connectivity index is 2.11. The molecule has 0 heterocycles. The minimum Gasteiger partial charge on any atom is -0.311 e. The van der Waals surface area contributed by atoms with Crippen LogP contribution in [0.2, 0.25) is 0 Å². The second-order valence-electron chi connectivity index (χ2n) is 6.34. The molecule has 0 spiro atoms. The summed E-state index contributed by atoms with van der Waals surface area (Å²) < 4.78 is 54.3. The van der Waals surface area contributed by atoms with Crippen molar-refractivity contribution in [3.05, 3.63) is 89.2 Å². The number of amides is 1. The highest BCUT2D eigenvalue weighted by Gasteiger charge is 2.38. The summed E-state index contributed by atoms with van der Waals surface area (Å²) in [5, 5.41) is 0. The second kappa shape index (κ2) is 7.46. The van der Waals surface area contributed by atoms with Gasteiger partial charge in [0.15, 0.2) is 0 Å². The SMILES string of the molecule is Cc1c(F)ccc(C(=O)N(C)c2ccccc2-c2ccccc2)c1C(F)(F)F. The van der Waals surface area contributed by atoms with E-state index in [-0.39, 0.29) is 0 Å². The van der Waals surface area contributed by atoms with Crippen LogP contribution in [0.3, 0.4) is 0 Å². The fourth-order valence-corrected chi connectivity index (χ4v) is 3.15. The summed E-state index contributed by atoms with van der Waals surface area (Å²) in [5.74, 6) is -1.87. The molecule has 6 heteroatoms. The number of para-hydroxylation sites is 1. The molecule has 0 aliphatic heterocycles. The van der Waals surface area contributed by atoms with Gasteiger partial charge in [-0.05, 0) is 36.2 Å². The molecule has 3 rings (SSSR count). The van der Waals surface area contributed by atoms with Crippen molar-refractivity contribution >= 4 is 11.6 Å². The van der Waals surface area contributed by atoms with Crippen LogP contribution in [-0.4, -0.2) is 13.0 Å². The summed E-state index contributed by atoms with van der Waals surface area (Å²) in [6, 6.07) is 17.9. The van der Waals surface area contributed by atoms with E-state index in [1.54, 1.807) is 24.3 Å². The van der Waals surface area contributed by atoms with Crippen LogP contribution in [0.1, 0.15) is 21.5 Å². The van der Waals surface area contributed by atoms with Crippen LogP contribution in [-0.2, 0) is 6.18 Å². The maximum absolute atomic E-state index is 13.7. The monoisotopic (exact) mass is 387 g/mol. The van der Waals surface area contributed by atoms with E-state index in [4.69, 9.17) is 0 Å². The predicted molar refractivity (Wildman–Crippen MR) is 101 cm³/mol. The summed E-state index contributed by atoms with van der Waals surface area (Å²) in [7, 11) is 1.41. The molecule has 0 saturated carbocycles. The molecule has 0 unspecified atom stereocenters. The van der Waals surface area contributed by atoms with E-state index in [0.717, 1.165) is 29.5 Å². The van der Waals surface area contributed by atoms with Crippen LogP contribution in [0.5, 0.6) is 0 Å². The molecule has 144 valence electrons. The van der Waals surface area contributed by atoms with Gasteiger partial charge in [0.05, 0.1) is 16.8 Å². The van der Waals surface area contributed by atoms with Gasteiger partial charge in [-0.2, -0.15) is 13.2 Å². The van der Waals surface area contributed by atoms with Gasteiger partial charge in [0.1, 0.15) is 5.82 Å². The first-order valence-electron chi connectivity index (χ1n) is 8.50. The third-order valence-corrected chi connectivity index (χ3v) is 4.57. The number of rotatable bonds is 3. The zero-order valence-corrected chi connectivity index (χ0v) is 15.2. The molecule has 0 radical (unpaired) electrons. The highest BCUT2D eigenvalue weighted by Crippen LogP contribution is 2.37. The number of carbonyl (C=O) groups is 1. The summed E-state index contributed by atoms with van der Waals surface area (Å²) in [5.41, 5.74) is -0.453. The maximum Gasteiger partial charge on any atom is 0.417 e. The van der Waals surface area contributed by atoms with Gasteiger partial charge in [0.2, 0.25) is 0 Å². The number of alkyl halides is 3. The number of anilines is 1. The molecule has 0 N–H and O–H groups in total. The molecule has 1 amide bonds. The first-order valence-corrected chi connectivity index (χ1v) is 8.50. The van der Waals surface area contributed by atoms with Crippen molar-refractivity contribution in [1.82, 2.24) is 0 Å². The van der Waals surface area contributed by atoms with Gasteiger partial charge < -0.3 is 4.90 Å². The third-order valence-electron chi connectivity index (χ3n) is 4.57. The molecule has 0 bridgehead atoms. The van der Waals surface area contributed by atoms with E-state index < -0.39 is 34.6 Å². The molecular weight excluding hydrogens is 370 g/mol. The minimum atomic E-state index is -4.85. The lowest BCUT2D eigenvalue weighted by atomic mass is 9.98. The minimum absolute atomic E-state index is 0.453. The largest absolute Gasteiger partial charge is 0.417 e. The molecule has 28 heavy (non-hydrogen) atoms. The highest BCUT2D eigenvalue weighted by molar-refractivity contribution is 6.08. The molecule has 0 saturated heterocycles. The van der Waals surface area contributed by atoms with Crippen molar-refractivity contribution in [2.24, 2.45) is 0 Å². The first kappa shape index (κ1) is 19.6. The van der Waals surface area contributed by atoms with Crippen molar-refractivity contribution in [2.45, 2.75) is 13.1 Å². The van der Waals surface area contributed by atoms with E-state index in [2.05, 4.69) is 0 Å². The lowest BCUT2D eigenvalue weighted by molar-refractivity contribution is -0.138. The lowest BCUT2D eigenvalue weighted by Crippen LogP contribution is -2.29. The third kappa shape index (κ3) is 3.63. The van der Waals surface area contributed by atoms with Gasteiger partial charge in [0, 0.05) is 12.6 Å². The Kier molecular flexibility index (Phi) is 5.23. The molecule has 0 aliphatic carbocycles. The number of hydrogen-bond acceptors (Lipinski definition) is 1. The number of nitrogens with zero attached hydrogens (tertiary/aromatic N) is 1. The van der Waals surface area contributed by atoms with Gasteiger partial charge >= 0.3 is 6.18 Å². The Morgan fingerprint density at radius 1 is 0.893 bits per heavy atom. The van der Waals surface area contributed by atoms with E-state index in [1.807, 2.05) is 30.3 Å². The molecule has 2 nitrogen and oxygen atoms in total. The van der Waals surface area contributed by atoms with Gasteiger partial charge in [-0.15, -0.1) is 0 Å².